The first kappa shape index (κ1) is 23.1. The van der Waals surface area contributed by atoms with Crippen LogP contribution in [0.2, 0.25) is 10.2 Å². The minimum atomic E-state index is -3.99. The predicted octanol–water partition coefficient (Wildman–Crippen LogP) is 2.87. The summed E-state index contributed by atoms with van der Waals surface area (Å²) >= 11 is 11.6. The molecule has 8 nitrogen and oxygen atoms in total. The molecule has 1 aromatic carbocycles. The fourth-order valence-corrected chi connectivity index (χ4v) is 3.82. The van der Waals surface area contributed by atoms with Crippen molar-refractivity contribution in [2.75, 3.05) is 11.9 Å². The molecule has 2 N–H and O–H groups in total. The standard InChI is InChI=1S/C18H19Cl2N3O5S/c1-11(2)16(23-29(26,27)13-7-5-12(19)6-8-13)18(25)28-10-15(24)22-14-4-3-9-21-17(14)20/h3-9,11,16,23H,10H2,1-2H3,(H,22,24). The highest BCUT2D eigenvalue weighted by Gasteiger charge is 2.30. The Hall–Kier alpha value is -2.20. The Morgan fingerprint density at radius 2 is 1.79 bits per heavy atom. The number of pyridine rings is 1. The molecule has 1 unspecified atom stereocenters. The van der Waals surface area contributed by atoms with Crippen LogP contribution in [0.4, 0.5) is 5.69 Å². The van der Waals surface area contributed by atoms with Gasteiger partial charge in [0.1, 0.15) is 6.04 Å². The fourth-order valence-electron chi connectivity index (χ4n) is 2.20. The molecule has 1 heterocycles. The molecule has 0 saturated heterocycles. The molecule has 2 aromatic rings. The molecule has 0 spiro atoms. The number of carbonyl (C=O) groups excluding carboxylic acids is 2. The van der Waals surface area contributed by atoms with Crippen molar-refractivity contribution in [3.05, 3.63) is 52.8 Å². The van der Waals surface area contributed by atoms with Crippen LogP contribution >= 0.6 is 23.2 Å². The second-order valence-corrected chi connectivity index (χ2v) is 8.80. The van der Waals surface area contributed by atoms with Crippen molar-refractivity contribution in [1.29, 1.82) is 0 Å². The summed E-state index contributed by atoms with van der Waals surface area (Å²) in [5, 5.41) is 2.92. The van der Waals surface area contributed by atoms with Crippen molar-refractivity contribution in [3.8, 4) is 0 Å². The Kier molecular flexibility index (Phi) is 7.97. The van der Waals surface area contributed by atoms with Gasteiger partial charge in [0.25, 0.3) is 5.91 Å². The van der Waals surface area contributed by atoms with E-state index < -0.39 is 40.5 Å². The van der Waals surface area contributed by atoms with Gasteiger partial charge in [-0.2, -0.15) is 4.72 Å². The van der Waals surface area contributed by atoms with Crippen LogP contribution in [0.25, 0.3) is 0 Å². The molecular formula is C18H19Cl2N3O5S. The van der Waals surface area contributed by atoms with E-state index in [0.717, 1.165) is 0 Å². The second kappa shape index (κ2) is 10.0. The molecule has 0 aliphatic rings. The lowest BCUT2D eigenvalue weighted by atomic mass is 10.1. The van der Waals surface area contributed by atoms with Gasteiger partial charge in [0.2, 0.25) is 10.0 Å². The SMILES string of the molecule is CC(C)C(NS(=O)(=O)c1ccc(Cl)cc1)C(=O)OCC(=O)Nc1cccnc1Cl. The number of rotatable bonds is 8. The summed E-state index contributed by atoms with van der Waals surface area (Å²) in [7, 11) is -3.99. The molecule has 0 saturated carbocycles. The first-order chi connectivity index (χ1) is 13.6. The lowest BCUT2D eigenvalue weighted by Crippen LogP contribution is -2.45. The molecule has 29 heavy (non-hydrogen) atoms. The third kappa shape index (κ3) is 6.67. The van der Waals surface area contributed by atoms with Gasteiger partial charge < -0.3 is 10.1 Å². The molecule has 1 aromatic heterocycles. The van der Waals surface area contributed by atoms with Crippen molar-refractivity contribution >= 4 is 50.8 Å². The third-order valence-electron chi connectivity index (χ3n) is 3.71. The maximum Gasteiger partial charge on any atom is 0.324 e. The van der Waals surface area contributed by atoms with Crippen LogP contribution in [0.15, 0.2) is 47.5 Å². The highest BCUT2D eigenvalue weighted by Crippen LogP contribution is 2.18. The molecule has 0 bridgehead atoms. The highest BCUT2D eigenvalue weighted by atomic mass is 35.5. The van der Waals surface area contributed by atoms with Crippen molar-refractivity contribution in [1.82, 2.24) is 9.71 Å². The number of nitrogens with one attached hydrogen (secondary N) is 2. The number of esters is 1. The molecule has 2 rings (SSSR count). The lowest BCUT2D eigenvalue weighted by molar-refractivity contribution is -0.150. The molecule has 0 aliphatic carbocycles. The molecular weight excluding hydrogens is 441 g/mol. The van der Waals surface area contributed by atoms with Gasteiger partial charge in [-0.25, -0.2) is 13.4 Å². The molecule has 156 valence electrons. The average Bonchev–Trinajstić information content (AvgIpc) is 2.66. The fraction of sp³-hybridized carbons (Fsp3) is 0.278. The van der Waals surface area contributed by atoms with Gasteiger partial charge in [0.05, 0.1) is 10.6 Å². The van der Waals surface area contributed by atoms with Crippen molar-refractivity contribution < 1.29 is 22.7 Å². The summed E-state index contributed by atoms with van der Waals surface area (Å²) in [4.78, 5) is 28.1. The molecule has 11 heteroatoms. The van der Waals surface area contributed by atoms with E-state index in [1.54, 1.807) is 19.9 Å². The van der Waals surface area contributed by atoms with E-state index in [0.29, 0.717) is 5.02 Å². The van der Waals surface area contributed by atoms with E-state index in [1.165, 1.54) is 36.5 Å². The van der Waals surface area contributed by atoms with Gasteiger partial charge in [-0.05, 0) is 42.3 Å². The Labute approximate surface area is 178 Å². The smallest absolute Gasteiger partial charge is 0.324 e. The van der Waals surface area contributed by atoms with E-state index in [-0.39, 0.29) is 15.7 Å². The summed E-state index contributed by atoms with van der Waals surface area (Å²) in [6.07, 6.45) is 1.46. The van der Waals surface area contributed by atoms with Crippen LogP contribution in [0.1, 0.15) is 13.8 Å². The Balaban J connectivity index is 2.01. The summed E-state index contributed by atoms with van der Waals surface area (Å²) in [5.41, 5.74) is 0.263. The second-order valence-electron chi connectivity index (χ2n) is 6.29. The largest absolute Gasteiger partial charge is 0.454 e. The van der Waals surface area contributed by atoms with Crippen LogP contribution in [-0.2, 0) is 24.3 Å². The Bertz CT molecular complexity index is 981. The van der Waals surface area contributed by atoms with Crippen LogP contribution in [0, 0.1) is 5.92 Å². The summed E-state index contributed by atoms with van der Waals surface area (Å²) in [5.74, 6) is -1.96. The number of halogens is 2. The van der Waals surface area contributed by atoms with Gasteiger partial charge in [0.15, 0.2) is 11.8 Å². The zero-order valence-electron chi connectivity index (χ0n) is 15.6. The summed E-state index contributed by atoms with van der Waals surface area (Å²) in [6, 6.07) is 7.40. The molecule has 0 aliphatic heterocycles. The molecule has 0 fully saturated rings. The topological polar surface area (TPSA) is 114 Å². The van der Waals surface area contributed by atoms with Crippen LogP contribution in [-0.4, -0.2) is 37.9 Å². The number of sulfonamides is 1. The number of aromatic nitrogens is 1. The number of ether oxygens (including phenoxy) is 1. The van der Waals surface area contributed by atoms with Gasteiger partial charge in [-0.3, -0.25) is 9.59 Å². The minimum Gasteiger partial charge on any atom is -0.454 e. The van der Waals surface area contributed by atoms with Gasteiger partial charge in [-0.1, -0.05) is 37.0 Å². The zero-order valence-corrected chi connectivity index (χ0v) is 17.9. The van der Waals surface area contributed by atoms with E-state index in [4.69, 9.17) is 27.9 Å². The van der Waals surface area contributed by atoms with Crippen molar-refractivity contribution in [3.63, 3.8) is 0 Å². The maximum atomic E-state index is 12.5. The monoisotopic (exact) mass is 459 g/mol. The van der Waals surface area contributed by atoms with E-state index in [2.05, 4.69) is 15.0 Å². The third-order valence-corrected chi connectivity index (χ3v) is 5.72. The number of hydrogen-bond donors (Lipinski definition) is 2. The number of nitrogens with zero attached hydrogens (tertiary/aromatic N) is 1. The first-order valence-electron chi connectivity index (χ1n) is 8.45. The molecule has 0 radical (unpaired) electrons. The van der Waals surface area contributed by atoms with E-state index in [9.17, 15) is 18.0 Å². The number of carbonyl (C=O) groups is 2. The maximum absolute atomic E-state index is 12.5. The van der Waals surface area contributed by atoms with Crippen LogP contribution in [0.5, 0.6) is 0 Å². The molecule has 1 atom stereocenters. The van der Waals surface area contributed by atoms with Gasteiger partial charge in [-0.15, -0.1) is 0 Å². The molecule has 1 amide bonds. The number of benzene rings is 1. The van der Waals surface area contributed by atoms with E-state index in [1.807, 2.05) is 0 Å². The minimum absolute atomic E-state index is 0.0516. The van der Waals surface area contributed by atoms with Gasteiger partial charge in [0, 0.05) is 11.2 Å². The van der Waals surface area contributed by atoms with E-state index >= 15 is 0 Å². The zero-order chi connectivity index (χ0) is 21.6. The van der Waals surface area contributed by atoms with Crippen molar-refractivity contribution in [2.24, 2.45) is 5.92 Å². The normalized spacial score (nSPS) is 12.4. The lowest BCUT2D eigenvalue weighted by Gasteiger charge is -2.20. The van der Waals surface area contributed by atoms with Crippen LogP contribution in [0.3, 0.4) is 0 Å². The summed E-state index contributed by atoms with van der Waals surface area (Å²) in [6.45, 7) is 2.67. The highest BCUT2D eigenvalue weighted by molar-refractivity contribution is 7.89. The Morgan fingerprint density at radius 1 is 1.14 bits per heavy atom. The first-order valence-corrected chi connectivity index (χ1v) is 10.7. The van der Waals surface area contributed by atoms with Gasteiger partial charge >= 0.3 is 5.97 Å². The summed E-state index contributed by atoms with van der Waals surface area (Å²) < 4.78 is 32.3. The van der Waals surface area contributed by atoms with Crippen molar-refractivity contribution in [2.45, 2.75) is 24.8 Å². The van der Waals surface area contributed by atoms with Crippen LogP contribution < -0.4 is 10.0 Å². The number of amides is 1. The average molecular weight is 460 g/mol. The number of anilines is 1. The Morgan fingerprint density at radius 3 is 2.38 bits per heavy atom. The number of hydrogen-bond acceptors (Lipinski definition) is 6. The predicted molar refractivity (Wildman–Crippen MR) is 109 cm³/mol. The quantitative estimate of drug-likeness (QED) is 0.463.